The van der Waals surface area contributed by atoms with Gasteiger partial charge in [0.25, 0.3) is 0 Å². The molecule has 2 bridgehead atoms. The van der Waals surface area contributed by atoms with Crippen molar-refractivity contribution < 1.29 is 29.0 Å². The van der Waals surface area contributed by atoms with E-state index in [0.717, 1.165) is 11.1 Å². The van der Waals surface area contributed by atoms with Crippen LogP contribution in [0.3, 0.4) is 0 Å². The van der Waals surface area contributed by atoms with E-state index in [1.807, 2.05) is 43.3 Å². The van der Waals surface area contributed by atoms with Crippen LogP contribution in [-0.2, 0) is 25.7 Å². The van der Waals surface area contributed by atoms with Crippen molar-refractivity contribution in [1.82, 2.24) is 10.2 Å². The van der Waals surface area contributed by atoms with E-state index in [9.17, 15) is 24.3 Å². The monoisotopic (exact) mass is 464 g/mol. The molecule has 1 aliphatic carbocycles. The molecule has 1 amide bonds. The van der Waals surface area contributed by atoms with Crippen LogP contribution in [0.15, 0.2) is 60.7 Å². The van der Waals surface area contributed by atoms with Crippen molar-refractivity contribution >= 4 is 23.6 Å². The minimum absolute atomic E-state index is 0.0206. The van der Waals surface area contributed by atoms with Gasteiger partial charge in [0.1, 0.15) is 18.4 Å². The molecule has 1 heterocycles. The number of nitrogens with one attached hydrogen (secondary N) is 1. The van der Waals surface area contributed by atoms with Crippen LogP contribution in [0.5, 0.6) is 0 Å². The molecule has 1 aliphatic heterocycles. The highest BCUT2D eigenvalue weighted by molar-refractivity contribution is 6.08. The highest BCUT2D eigenvalue weighted by Crippen LogP contribution is 2.44. The van der Waals surface area contributed by atoms with Crippen LogP contribution in [0, 0.1) is 11.8 Å². The molecule has 1 saturated heterocycles. The average molecular weight is 465 g/mol. The third kappa shape index (κ3) is 5.02. The van der Waals surface area contributed by atoms with E-state index in [0.29, 0.717) is 13.0 Å². The number of fused-ring (bicyclic) bond motifs is 2. The number of piperidine rings is 1. The molecule has 0 spiro atoms. The number of hydrogen-bond donors (Lipinski definition) is 2. The number of ether oxygens (including phenoxy) is 1. The van der Waals surface area contributed by atoms with E-state index in [2.05, 4.69) is 10.2 Å². The number of carboxylic acids is 1. The van der Waals surface area contributed by atoms with Crippen LogP contribution in [0.2, 0.25) is 0 Å². The van der Waals surface area contributed by atoms with Crippen molar-refractivity contribution in [2.24, 2.45) is 11.8 Å². The van der Waals surface area contributed by atoms with Gasteiger partial charge in [-0.3, -0.25) is 14.5 Å². The van der Waals surface area contributed by atoms with Crippen molar-refractivity contribution in [3.8, 4) is 0 Å². The number of nitrogens with zero attached hydrogens (tertiary/aromatic N) is 1. The molecule has 2 aromatic carbocycles. The molecule has 1 unspecified atom stereocenters. The molecule has 178 valence electrons. The summed E-state index contributed by atoms with van der Waals surface area (Å²) in [7, 11) is 0. The Morgan fingerprint density at radius 3 is 2.35 bits per heavy atom. The molecule has 2 fully saturated rings. The molecule has 0 radical (unpaired) electrons. The molecular weight excluding hydrogens is 436 g/mol. The average Bonchev–Trinajstić information content (AvgIpc) is 3.41. The molecule has 2 aromatic rings. The number of carbonyl (C=O) groups is 4. The Kier molecular flexibility index (Phi) is 7.07. The maximum Gasteiger partial charge on any atom is 0.408 e. The Hall–Kier alpha value is -3.52. The summed E-state index contributed by atoms with van der Waals surface area (Å²) in [5.74, 6) is -2.91. The van der Waals surface area contributed by atoms with E-state index < -0.39 is 36.2 Å². The predicted molar refractivity (Wildman–Crippen MR) is 123 cm³/mol. The smallest absolute Gasteiger partial charge is 0.408 e. The first-order chi connectivity index (χ1) is 16.3. The Morgan fingerprint density at radius 1 is 1.09 bits per heavy atom. The summed E-state index contributed by atoms with van der Waals surface area (Å²) in [4.78, 5) is 51.9. The zero-order valence-corrected chi connectivity index (χ0v) is 18.9. The van der Waals surface area contributed by atoms with Gasteiger partial charge in [-0.25, -0.2) is 9.59 Å². The maximum absolute atomic E-state index is 13.1. The van der Waals surface area contributed by atoms with Crippen molar-refractivity contribution in [2.45, 2.75) is 44.5 Å². The van der Waals surface area contributed by atoms with Gasteiger partial charge in [-0.1, -0.05) is 60.7 Å². The fourth-order valence-electron chi connectivity index (χ4n) is 5.06. The van der Waals surface area contributed by atoms with E-state index in [4.69, 9.17) is 4.74 Å². The molecule has 8 heteroatoms. The largest absolute Gasteiger partial charge is 0.480 e. The normalized spacial score (nSPS) is 23.3. The minimum atomic E-state index is -1.46. The van der Waals surface area contributed by atoms with Gasteiger partial charge in [-0.15, -0.1) is 0 Å². The van der Waals surface area contributed by atoms with Gasteiger partial charge in [0.2, 0.25) is 0 Å². The Morgan fingerprint density at radius 2 is 1.74 bits per heavy atom. The molecule has 34 heavy (non-hydrogen) atoms. The third-order valence-electron chi connectivity index (χ3n) is 6.81. The Bertz CT molecular complexity index is 1060. The zero-order chi connectivity index (χ0) is 24.2. The lowest BCUT2D eigenvalue weighted by molar-refractivity contribution is -0.144. The van der Waals surface area contributed by atoms with Crippen LogP contribution in [0.4, 0.5) is 4.79 Å². The molecule has 1 saturated carbocycles. The highest BCUT2D eigenvalue weighted by atomic mass is 16.5. The van der Waals surface area contributed by atoms with Crippen molar-refractivity contribution in [3.05, 3.63) is 71.8 Å². The number of carboxylic acid groups (broad SMARTS) is 1. The number of benzene rings is 2. The number of hydrogen-bond acceptors (Lipinski definition) is 6. The zero-order valence-electron chi connectivity index (χ0n) is 18.9. The van der Waals surface area contributed by atoms with Gasteiger partial charge < -0.3 is 15.2 Å². The minimum Gasteiger partial charge on any atom is -0.480 e. The second-order valence-corrected chi connectivity index (χ2v) is 8.94. The number of carbonyl (C=O) groups excluding carboxylic acids is 3. The van der Waals surface area contributed by atoms with Crippen LogP contribution in [-0.4, -0.2) is 52.3 Å². The van der Waals surface area contributed by atoms with Crippen molar-refractivity contribution in [1.29, 1.82) is 0 Å². The molecule has 4 rings (SSSR count). The first kappa shape index (κ1) is 23.6. The van der Waals surface area contributed by atoms with E-state index in [1.54, 1.807) is 24.3 Å². The van der Waals surface area contributed by atoms with Gasteiger partial charge in [-0.05, 0) is 30.4 Å². The second-order valence-electron chi connectivity index (χ2n) is 8.94. The van der Waals surface area contributed by atoms with E-state index in [-0.39, 0.29) is 30.4 Å². The molecule has 2 aliphatic rings. The Balaban J connectivity index is 1.34. The topological polar surface area (TPSA) is 113 Å². The van der Waals surface area contributed by atoms with Crippen LogP contribution in [0.25, 0.3) is 0 Å². The first-order valence-electron chi connectivity index (χ1n) is 11.4. The van der Waals surface area contributed by atoms with E-state index in [1.165, 1.54) is 0 Å². The fourth-order valence-corrected chi connectivity index (χ4v) is 5.06. The van der Waals surface area contributed by atoms with E-state index >= 15 is 0 Å². The number of aliphatic carboxylic acids is 1. The summed E-state index contributed by atoms with van der Waals surface area (Å²) in [6.45, 7) is 2.63. The summed E-state index contributed by atoms with van der Waals surface area (Å²) in [6, 6.07) is 17.1. The van der Waals surface area contributed by atoms with Crippen molar-refractivity contribution in [2.75, 3.05) is 6.54 Å². The van der Waals surface area contributed by atoms with Crippen LogP contribution >= 0.6 is 0 Å². The second kappa shape index (κ2) is 10.2. The molecule has 0 aromatic heterocycles. The maximum atomic E-state index is 13.1. The quantitative estimate of drug-likeness (QED) is 0.549. The number of Topliss-reactive ketones (excluding diaryl/α,β-unsaturated/α-hetero) is 2. The Labute approximate surface area is 197 Å². The number of rotatable bonds is 9. The summed E-state index contributed by atoms with van der Waals surface area (Å²) in [6.07, 6.45) is -0.786. The van der Waals surface area contributed by atoms with Gasteiger partial charge in [0.15, 0.2) is 5.78 Å². The lowest BCUT2D eigenvalue weighted by Gasteiger charge is -2.34. The fraction of sp³-hybridized carbons (Fsp3) is 0.385. The third-order valence-corrected chi connectivity index (χ3v) is 6.81. The standard InChI is InChI=1S/C26H28N2O6/c1-16(18-10-6-3-7-11-18)28-14-19-12-21(28)24(30)23(19)22(29)13-20(25(31)32)27-26(33)34-15-17-8-4-2-5-9-17/h2-11,16,19-21,23H,12-15H2,1H3,(H,27,33)(H,31,32)/t16-,19+,20-,21+,23?/m1/s1. The summed E-state index contributed by atoms with van der Waals surface area (Å²) < 4.78 is 5.07. The highest BCUT2D eigenvalue weighted by Gasteiger charge is 2.55. The summed E-state index contributed by atoms with van der Waals surface area (Å²) in [5, 5.41) is 11.8. The lowest BCUT2D eigenvalue weighted by atomic mass is 9.86. The number of likely N-dealkylation sites (tertiary alicyclic amines) is 1. The molecular formula is C26H28N2O6. The molecule has 5 atom stereocenters. The SMILES string of the molecule is C[C@H](c1ccccc1)N1C[C@@H]2C[C@H]1C(=O)C2C(=O)C[C@@H](NC(=O)OCc1ccccc1)C(=O)O. The van der Waals surface area contributed by atoms with Gasteiger partial charge in [0, 0.05) is 19.0 Å². The van der Waals surface area contributed by atoms with Gasteiger partial charge in [0.05, 0.1) is 12.0 Å². The van der Waals surface area contributed by atoms with Crippen LogP contribution < -0.4 is 5.32 Å². The number of amides is 1. The summed E-state index contributed by atoms with van der Waals surface area (Å²) >= 11 is 0. The van der Waals surface area contributed by atoms with Gasteiger partial charge >= 0.3 is 12.1 Å². The predicted octanol–water partition coefficient (Wildman–Crippen LogP) is 2.98. The number of ketones is 2. The molecule has 2 N–H and O–H groups in total. The lowest BCUT2D eigenvalue weighted by Crippen LogP contribution is -2.48. The van der Waals surface area contributed by atoms with Crippen molar-refractivity contribution in [3.63, 3.8) is 0 Å². The summed E-state index contributed by atoms with van der Waals surface area (Å²) in [5.41, 5.74) is 1.86. The number of alkyl carbamates (subject to hydrolysis) is 1. The molecule has 8 nitrogen and oxygen atoms in total. The van der Waals surface area contributed by atoms with Crippen LogP contribution in [0.1, 0.15) is 36.9 Å². The first-order valence-corrected chi connectivity index (χ1v) is 11.4. The van der Waals surface area contributed by atoms with Gasteiger partial charge in [-0.2, -0.15) is 0 Å².